The van der Waals surface area contributed by atoms with Crippen molar-refractivity contribution in [3.05, 3.63) is 15.6 Å². The average Bonchev–Trinajstić information content (AvgIpc) is 2.54. The molecule has 0 unspecified atom stereocenters. The van der Waals surface area contributed by atoms with Crippen molar-refractivity contribution in [3.8, 4) is 0 Å². The van der Waals surface area contributed by atoms with Gasteiger partial charge in [-0.2, -0.15) is 0 Å². The molecule has 0 saturated carbocycles. The number of aromatic nitrogens is 1. The molecule has 1 rings (SSSR count). The van der Waals surface area contributed by atoms with Gasteiger partial charge in [0.25, 0.3) is 11.8 Å². The van der Waals surface area contributed by atoms with Gasteiger partial charge in [0.05, 0.1) is 23.8 Å². The van der Waals surface area contributed by atoms with Crippen LogP contribution in [-0.4, -0.2) is 29.9 Å². The maximum Gasteiger partial charge on any atom is 0.277 e. The van der Waals surface area contributed by atoms with E-state index in [9.17, 15) is 13.6 Å². The molecule has 90 valence electrons. The van der Waals surface area contributed by atoms with Crippen LogP contribution in [0.1, 0.15) is 20.4 Å². The summed E-state index contributed by atoms with van der Waals surface area (Å²) in [7, 11) is 0. The second-order valence-electron chi connectivity index (χ2n) is 3.39. The number of nitrogens with two attached hydrogens (primary N) is 1. The van der Waals surface area contributed by atoms with Crippen LogP contribution < -0.4 is 11.1 Å². The van der Waals surface area contributed by atoms with Crippen LogP contribution in [0.15, 0.2) is 0 Å². The number of halogens is 2. The van der Waals surface area contributed by atoms with Gasteiger partial charge in [-0.25, -0.2) is 13.8 Å². The van der Waals surface area contributed by atoms with Gasteiger partial charge in [-0.3, -0.25) is 4.79 Å². The molecule has 0 aliphatic carbocycles. The SMILES string of the molecule is Cc1nc(C)c(C(=O)NCC(F)(F)CN)s1. The van der Waals surface area contributed by atoms with Crippen LogP contribution in [0.2, 0.25) is 0 Å². The molecular formula is C9H13F2N3OS. The first-order valence-electron chi connectivity index (χ1n) is 4.66. The van der Waals surface area contributed by atoms with Gasteiger partial charge in [-0.05, 0) is 13.8 Å². The van der Waals surface area contributed by atoms with E-state index in [0.717, 1.165) is 5.01 Å². The lowest BCUT2D eigenvalue weighted by molar-refractivity contribution is 0.0119. The van der Waals surface area contributed by atoms with Gasteiger partial charge in [0.2, 0.25) is 0 Å². The highest BCUT2D eigenvalue weighted by atomic mass is 32.1. The molecule has 16 heavy (non-hydrogen) atoms. The molecule has 0 atom stereocenters. The molecule has 1 amide bonds. The summed E-state index contributed by atoms with van der Waals surface area (Å²) in [4.78, 5) is 15.9. The number of hydrogen-bond acceptors (Lipinski definition) is 4. The van der Waals surface area contributed by atoms with Gasteiger partial charge in [-0.1, -0.05) is 0 Å². The first-order chi connectivity index (χ1) is 7.35. The lowest BCUT2D eigenvalue weighted by atomic mass is 10.3. The number of hydrogen-bond donors (Lipinski definition) is 2. The Balaban J connectivity index is 2.63. The largest absolute Gasteiger partial charge is 0.345 e. The summed E-state index contributed by atoms with van der Waals surface area (Å²) in [6, 6.07) is 0. The third-order valence-corrected chi connectivity index (χ3v) is 2.99. The minimum absolute atomic E-state index is 0.366. The maximum atomic E-state index is 12.8. The van der Waals surface area contributed by atoms with Crippen LogP contribution in [0.5, 0.6) is 0 Å². The second-order valence-corrected chi connectivity index (χ2v) is 4.59. The number of aryl methyl sites for hydroxylation is 2. The Morgan fingerprint density at radius 2 is 2.19 bits per heavy atom. The van der Waals surface area contributed by atoms with Crippen molar-refractivity contribution in [2.45, 2.75) is 19.8 Å². The number of carbonyl (C=O) groups excluding carboxylic acids is 1. The van der Waals surface area contributed by atoms with Crippen molar-refractivity contribution in [3.63, 3.8) is 0 Å². The summed E-state index contributed by atoms with van der Waals surface area (Å²) in [6.07, 6.45) is 0. The highest BCUT2D eigenvalue weighted by Crippen LogP contribution is 2.17. The van der Waals surface area contributed by atoms with Gasteiger partial charge >= 0.3 is 0 Å². The molecule has 0 bridgehead atoms. The lowest BCUT2D eigenvalue weighted by Crippen LogP contribution is -2.41. The normalized spacial score (nSPS) is 11.6. The lowest BCUT2D eigenvalue weighted by Gasteiger charge is -2.13. The van der Waals surface area contributed by atoms with Gasteiger partial charge in [0, 0.05) is 0 Å². The zero-order valence-corrected chi connectivity index (χ0v) is 9.83. The fourth-order valence-corrected chi connectivity index (χ4v) is 1.94. The molecule has 1 heterocycles. The smallest absolute Gasteiger partial charge is 0.277 e. The molecule has 3 N–H and O–H groups in total. The highest BCUT2D eigenvalue weighted by Gasteiger charge is 2.28. The minimum Gasteiger partial charge on any atom is -0.345 e. The molecule has 1 aromatic heterocycles. The van der Waals surface area contributed by atoms with Crippen LogP contribution in [-0.2, 0) is 0 Å². The first kappa shape index (κ1) is 13.0. The quantitative estimate of drug-likeness (QED) is 0.839. The predicted octanol–water partition coefficient (Wildman–Crippen LogP) is 1.08. The Morgan fingerprint density at radius 1 is 1.56 bits per heavy atom. The van der Waals surface area contributed by atoms with Crippen molar-refractivity contribution in [2.24, 2.45) is 5.73 Å². The summed E-state index contributed by atoms with van der Waals surface area (Å²) in [5.74, 6) is -3.60. The summed E-state index contributed by atoms with van der Waals surface area (Å²) in [5.41, 5.74) is 5.41. The summed E-state index contributed by atoms with van der Waals surface area (Å²) >= 11 is 1.18. The van der Waals surface area contributed by atoms with E-state index in [0.29, 0.717) is 10.6 Å². The molecular weight excluding hydrogens is 236 g/mol. The zero-order chi connectivity index (χ0) is 12.3. The standard InChI is InChI=1S/C9H13F2N3OS/c1-5-7(16-6(2)14-5)8(15)13-4-9(10,11)3-12/h3-4,12H2,1-2H3,(H,13,15). The molecule has 0 aliphatic heterocycles. The number of carbonyl (C=O) groups is 1. The molecule has 0 saturated heterocycles. The molecule has 1 aromatic rings. The van der Waals surface area contributed by atoms with Crippen molar-refractivity contribution in [2.75, 3.05) is 13.1 Å². The van der Waals surface area contributed by atoms with Gasteiger partial charge in [0.15, 0.2) is 0 Å². The summed E-state index contributed by atoms with van der Waals surface area (Å²) in [6.45, 7) is 1.88. The second kappa shape index (κ2) is 4.84. The first-order valence-corrected chi connectivity index (χ1v) is 5.47. The number of thiazole rings is 1. The third-order valence-electron chi connectivity index (χ3n) is 1.92. The number of nitrogens with one attached hydrogen (secondary N) is 1. The molecule has 0 fully saturated rings. The molecule has 7 heteroatoms. The number of amides is 1. The van der Waals surface area contributed by atoms with Gasteiger partial charge < -0.3 is 11.1 Å². The van der Waals surface area contributed by atoms with Crippen LogP contribution in [0, 0.1) is 13.8 Å². The highest BCUT2D eigenvalue weighted by molar-refractivity contribution is 7.13. The fraction of sp³-hybridized carbons (Fsp3) is 0.556. The van der Waals surface area contributed by atoms with E-state index >= 15 is 0 Å². The van der Waals surface area contributed by atoms with Crippen LogP contribution >= 0.6 is 11.3 Å². The number of rotatable bonds is 4. The molecule has 4 nitrogen and oxygen atoms in total. The van der Waals surface area contributed by atoms with E-state index in [-0.39, 0.29) is 0 Å². The summed E-state index contributed by atoms with van der Waals surface area (Å²) < 4.78 is 25.6. The van der Waals surface area contributed by atoms with Crippen LogP contribution in [0.3, 0.4) is 0 Å². The molecule has 0 spiro atoms. The van der Waals surface area contributed by atoms with Crippen molar-refractivity contribution in [1.82, 2.24) is 10.3 Å². The van der Waals surface area contributed by atoms with E-state index in [1.54, 1.807) is 13.8 Å². The van der Waals surface area contributed by atoms with E-state index in [4.69, 9.17) is 5.73 Å². The third kappa shape index (κ3) is 3.21. The molecule has 0 aromatic carbocycles. The van der Waals surface area contributed by atoms with Crippen LogP contribution in [0.25, 0.3) is 0 Å². The van der Waals surface area contributed by atoms with E-state index in [2.05, 4.69) is 10.3 Å². The Labute approximate surface area is 95.9 Å². The Bertz CT molecular complexity index is 392. The maximum absolute atomic E-state index is 12.8. The van der Waals surface area contributed by atoms with Crippen molar-refractivity contribution in [1.29, 1.82) is 0 Å². The average molecular weight is 249 g/mol. The number of nitrogens with zero attached hydrogens (tertiary/aromatic N) is 1. The van der Waals surface area contributed by atoms with E-state index < -0.39 is 24.9 Å². The van der Waals surface area contributed by atoms with E-state index in [1.165, 1.54) is 11.3 Å². The van der Waals surface area contributed by atoms with Crippen molar-refractivity contribution >= 4 is 17.2 Å². The Hall–Kier alpha value is -1.08. The predicted molar refractivity (Wildman–Crippen MR) is 57.9 cm³/mol. The zero-order valence-electron chi connectivity index (χ0n) is 9.01. The Kier molecular flexibility index (Phi) is 3.93. The summed E-state index contributed by atoms with van der Waals surface area (Å²) in [5, 5.41) is 2.88. The van der Waals surface area contributed by atoms with Crippen LogP contribution in [0.4, 0.5) is 8.78 Å². The number of alkyl halides is 2. The fourth-order valence-electron chi connectivity index (χ4n) is 1.10. The molecule has 0 radical (unpaired) electrons. The minimum atomic E-state index is -3.07. The molecule has 0 aliphatic rings. The van der Waals surface area contributed by atoms with Gasteiger partial charge in [-0.15, -0.1) is 11.3 Å². The van der Waals surface area contributed by atoms with Gasteiger partial charge in [0.1, 0.15) is 4.88 Å². The monoisotopic (exact) mass is 249 g/mol. The van der Waals surface area contributed by atoms with Crippen molar-refractivity contribution < 1.29 is 13.6 Å². The Morgan fingerprint density at radius 3 is 2.62 bits per heavy atom. The van der Waals surface area contributed by atoms with E-state index in [1.807, 2.05) is 0 Å². The topological polar surface area (TPSA) is 68.0 Å².